The van der Waals surface area contributed by atoms with Crippen LogP contribution in [0.25, 0.3) is 0 Å². The number of likely N-dealkylation sites (N-methyl/N-ethyl adjacent to an activating group) is 1. The first kappa shape index (κ1) is 18.4. The van der Waals surface area contributed by atoms with E-state index in [1.165, 1.54) is 4.90 Å². The molecule has 2 amide bonds. The molecule has 2 rings (SSSR count). The third kappa shape index (κ3) is 4.69. The zero-order valence-corrected chi connectivity index (χ0v) is 13.4. The molecule has 0 spiro atoms. The predicted octanol–water partition coefficient (Wildman–Crippen LogP) is 0.308. The summed E-state index contributed by atoms with van der Waals surface area (Å²) < 4.78 is 10.4. The standard InChI is InChI=1S/C13H20N4O4.ClH/c1-8-5-11(16-21-8)15-12(18)7-17(2)13(19)10-4-3-9(6-14)20-10;/h5,9-10H,3-4,6-7,14H2,1-2H3,(H,15,16,18);1H/t9-,10+;/m1./s1. The Labute approximate surface area is 134 Å². The van der Waals surface area contributed by atoms with Gasteiger partial charge in [0, 0.05) is 19.7 Å². The van der Waals surface area contributed by atoms with E-state index in [0.717, 1.165) is 6.42 Å². The molecule has 1 fully saturated rings. The van der Waals surface area contributed by atoms with Crippen LogP contribution in [-0.4, -0.2) is 54.2 Å². The molecule has 9 heteroatoms. The van der Waals surface area contributed by atoms with Crippen LogP contribution in [0.3, 0.4) is 0 Å². The van der Waals surface area contributed by atoms with Gasteiger partial charge >= 0.3 is 0 Å². The van der Waals surface area contributed by atoms with Crippen molar-refractivity contribution in [2.24, 2.45) is 5.73 Å². The SMILES string of the molecule is Cc1cc(NC(=O)CN(C)C(=O)[C@@H]2CC[C@H](CN)O2)no1.Cl. The van der Waals surface area contributed by atoms with Gasteiger partial charge in [0.15, 0.2) is 5.82 Å². The Bertz CT molecular complexity index is 522. The van der Waals surface area contributed by atoms with E-state index in [2.05, 4.69) is 10.5 Å². The van der Waals surface area contributed by atoms with Crippen LogP contribution in [0.5, 0.6) is 0 Å². The van der Waals surface area contributed by atoms with Crippen molar-refractivity contribution >= 4 is 30.0 Å². The highest BCUT2D eigenvalue weighted by molar-refractivity contribution is 5.94. The van der Waals surface area contributed by atoms with Crippen molar-refractivity contribution in [3.8, 4) is 0 Å². The minimum atomic E-state index is -0.509. The van der Waals surface area contributed by atoms with E-state index in [0.29, 0.717) is 24.5 Å². The van der Waals surface area contributed by atoms with Gasteiger partial charge in [0.2, 0.25) is 5.91 Å². The highest BCUT2D eigenvalue weighted by atomic mass is 35.5. The summed E-state index contributed by atoms with van der Waals surface area (Å²) in [5.41, 5.74) is 5.51. The molecule has 2 heterocycles. The van der Waals surface area contributed by atoms with Crippen LogP contribution in [0.1, 0.15) is 18.6 Å². The first-order valence-corrected chi connectivity index (χ1v) is 6.83. The first-order valence-electron chi connectivity index (χ1n) is 6.83. The number of nitrogens with two attached hydrogens (primary N) is 1. The maximum Gasteiger partial charge on any atom is 0.251 e. The molecule has 3 N–H and O–H groups in total. The van der Waals surface area contributed by atoms with Crippen molar-refractivity contribution in [2.75, 3.05) is 25.5 Å². The smallest absolute Gasteiger partial charge is 0.251 e. The zero-order chi connectivity index (χ0) is 15.4. The van der Waals surface area contributed by atoms with Gasteiger partial charge in [-0.25, -0.2) is 0 Å². The Morgan fingerprint density at radius 2 is 2.23 bits per heavy atom. The minimum Gasteiger partial charge on any atom is -0.364 e. The second kappa shape index (κ2) is 8.11. The van der Waals surface area contributed by atoms with E-state index < -0.39 is 6.10 Å². The lowest BCUT2D eigenvalue weighted by Gasteiger charge is -2.20. The molecular formula is C13H21ClN4O4. The van der Waals surface area contributed by atoms with Crippen molar-refractivity contribution < 1.29 is 18.8 Å². The Hall–Kier alpha value is -1.64. The summed E-state index contributed by atoms with van der Waals surface area (Å²) in [4.78, 5) is 25.3. The van der Waals surface area contributed by atoms with Gasteiger partial charge < -0.3 is 25.2 Å². The molecule has 1 aromatic heterocycles. The fraction of sp³-hybridized carbons (Fsp3) is 0.615. The Morgan fingerprint density at radius 1 is 1.50 bits per heavy atom. The summed E-state index contributed by atoms with van der Waals surface area (Å²) in [6, 6.07) is 1.60. The number of amides is 2. The normalized spacial score (nSPS) is 20.3. The second-order valence-electron chi connectivity index (χ2n) is 5.13. The number of nitrogens with one attached hydrogen (secondary N) is 1. The lowest BCUT2D eigenvalue weighted by Crippen LogP contribution is -2.41. The summed E-state index contributed by atoms with van der Waals surface area (Å²) in [6.45, 7) is 2.06. The van der Waals surface area contributed by atoms with Crippen molar-refractivity contribution in [1.29, 1.82) is 0 Å². The van der Waals surface area contributed by atoms with Crippen LogP contribution >= 0.6 is 12.4 Å². The second-order valence-corrected chi connectivity index (χ2v) is 5.13. The third-order valence-corrected chi connectivity index (χ3v) is 3.30. The fourth-order valence-corrected chi connectivity index (χ4v) is 2.21. The number of halogens is 1. The number of carbonyl (C=O) groups is 2. The number of aryl methyl sites for hydroxylation is 1. The Morgan fingerprint density at radius 3 is 2.77 bits per heavy atom. The largest absolute Gasteiger partial charge is 0.364 e. The van der Waals surface area contributed by atoms with Crippen LogP contribution in [0.2, 0.25) is 0 Å². The lowest BCUT2D eigenvalue weighted by atomic mass is 10.2. The van der Waals surface area contributed by atoms with E-state index in [1.54, 1.807) is 20.0 Å². The number of hydrogen-bond donors (Lipinski definition) is 2. The van der Waals surface area contributed by atoms with Crippen molar-refractivity contribution in [3.63, 3.8) is 0 Å². The van der Waals surface area contributed by atoms with Crippen molar-refractivity contribution in [2.45, 2.75) is 32.0 Å². The molecule has 1 aliphatic rings. The number of carbonyl (C=O) groups excluding carboxylic acids is 2. The molecule has 0 aliphatic carbocycles. The molecule has 124 valence electrons. The van der Waals surface area contributed by atoms with Gasteiger partial charge in [-0.3, -0.25) is 9.59 Å². The highest BCUT2D eigenvalue weighted by Crippen LogP contribution is 2.20. The maximum absolute atomic E-state index is 12.1. The molecule has 0 saturated carbocycles. The van der Waals surface area contributed by atoms with Crippen LogP contribution < -0.4 is 11.1 Å². The Balaban J connectivity index is 0.00000242. The summed E-state index contributed by atoms with van der Waals surface area (Å²) >= 11 is 0. The topological polar surface area (TPSA) is 111 Å². The molecule has 8 nitrogen and oxygen atoms in total. The molecule has 0 aromatic carbocycles. The Kier molecular flexibility index (Phi) is 6.79. The van der Waals surface area contributed by atoms with Gasteiger partial charge in [-0.15, -0.1) is 12.4 Å². The number of hydrogen-bond acceptors (Lipinski definition) is 6. The number of rotatable bonds is 5. The van der Waals surface area contributed by atoms with Gasteiger partial charge in [0.25, 0.3) is 5.91 Å². The molecule has 1 saturated heterocycles. The number of nitrogens with zero attached hydrogens (tertiary/aromatic N) is 2. The number of anilines is 1. The number of ether oxygens (including phenoxy) is 1. The van der Waals surface area contributed by atoms with Crippen LogP contribution in [0.15, 0.2) is 10.6 Å². The molecule has 22 heavy (non-hydrogen) atoms. The monoisotopic (exact) mass is 332 g/mol. The quantitative estimate of drug-likeness (QED) is 0.802. The minimum absolute atomic E-state index is 0. The zero-order valence-electron chi connectivity index (χ0n) is 12.6. The summed E-state index contributed by atoms with van der Waals surface area (Å²) in [5, 5.41) is 6.22. The average Bonchev–Trinajstić information content (AvgIpc) is 3.06. The van der Waals surface area contributed by atoms with E-state index in [1.807, 2.05) is 0 Å². The van der Waals surface area contributed by atoms with Gasteiger partial charge in [-0.05, 0) is 19.8 Å². The molecule has 2 atom stereocenters. The summed E-state index contributed by atoms with van der Waals surface area (Å²) in [5.74, 6) is 0.380. The fourth-order valence-electron chi connectivity index (χ4n) is 2.21. The van der Waals surface area contributed by atoms with E-state index in [-0.39, 0.29) is 36.9 Å². The lowest BCUT2D eigenvalue weighted by molar-refractivity contribution is -0.143. The predicted molar refractivity (Wildman–Crippen MR) is 81.7 cm³/mol. The van der Waals surface area contributed by atoms with Gasteiger partial charge in [0.05, 0.1) is 12.6 Å². The maximum atomic E-state index is 12.1. The molecule has 0 bridgehead atoms. The van der Waals surface area contributed by atoms with Crippen LogP contribution in [0.4, 0.5) is 5.82 Å². The van der Waals surface area contributed by atoms with Gasteiger partial charge in [-0.1, -0.05) is 5.16 Å². The van der Waals surface area contributed by atoms with E-state index in [4.69, 9.17) is 15.0 Å². The van der Waals surface area contributed by atoms with Crippen LogP contribution in [-0.2, 0) is 14.3 Å². The van der Waals surface area contributed by atoms with Gasteiger partial charge in [-0.2, -0.15) is 0 Å². The van der Waals surface area contributed by atoms with Crippen molar-refractivity contribution in [1.82, 2.24) is 10.1 Å². The summed E-state index contributed by atoms with van der Waals surface area (Å²) in [6.07, 6.45) is 0.824. The summed E-state index contributed by atoms with van der Waals surface area (Å²) in [7, 11) is 1.56. The molecule has 1 aliphatic heterocycles. The van der Waals surface area contributed by atoms with Crippen LogP contribution in [0, 0.1) is 6.92 Å². The highest BCUT2D eigenvalue weighted by Gasteiger charge is 2.32. The average molecular weight is 333 g/mol. The third-order valence-electron chi connectivity index (χ3n) is 3.30. The molecular weight excluding hydrogens is 312 g/mol. The van der Waals surface area contributed by atoms with Gasteiger partial charge in [0.1, 0.15) is 11.9 Å². The number of aromatic nitrogens is 1. The van der Waals surface area contributed by atoms with E-state index >= 15 is 0 Å². The molecule has 0 unspecified atom stereocenters. The van der Waals surface area contributed by atoms with E-state index in [9.17, 15) is 9.59 Å². The van der Waals surface area contributed by atoms with Crippen molar-refractivity contribution in [3.05, 3.63) is 11.8 Å². The molecule has 0 radical (unpaired) electrons. The first-order chi connectivity index (χ1) is 9.99. The molecule has 1 aromatic rings.